The molecule has 8 heteroatoms. The summed E-state index contributed by atoms with van der Waals surface area (Å²) in [6.07, 6.45) is 1.42. The quantitative estimate of drug-likeness (QED) is 0.606. The molecule has 0 spiro atoms. The van der Waals surface area contributed by atoms with E-state index in [1.807, 2.05) is 30.3 Å². The second-order valence-corrected chi connectivity index (χ2v) is 10.7. The van der Waals surface area contributed by atoms with Gasteiger partial charge in [0.15, 0.2) is 0 Å². The zero-order chi connectivity index (χ0) is 22.6. The van der Waals surface area contributed by atoms with E-state index in [4.69, 9.17) is 14.4 Å². The second-order valence-electron chi connectivity index (χ2n) is 10.7. The van der Waals surface area contributed by atoms with Gasteiger partial charge in [0.25, 0.3) is 0 Å². The van der Waals surface area contributed by atoms with Gasteiger partial charge in [0.2, 0.25) is 5.91 Å². The second kappa shape index (κ2) is 7.52. The molecule has 0 unspecified atom stereocenters. The van der Waals surface area contributed by atoms with Crippen LogP contribution in [0.15, 0.2) is 30.3 Å². The summed E-state index contributed by atoms with van der Waals surface area (Å²) in [5.74, 6) is 0.214. The molecule has 5 atom stereocenters. The van der Waals surface area contributed by atoms with Gasteiger partial charge >= 0.3 is 13.2 Å². The molecule has 5 rings (SSSR count). The highest BCUT2D eigenvalue weighted by Crippen LogP contribution is 2.65. The largest absolute Gasteiger partial charge is 0.482 e. The third-order valence-electron chi connectivity index (χ3n) is 7.90. The van der Waals surface area contributed by atoms with Gasteiger partial charge in [-0.2, -0.15) is 0 Å². The summed E-state index contributed by atoms with van der Waals surface area (Å²) in [5.41, 5.74) is -0.375. The maximum atomic E-state index is 13.0. The third kappa shape index (κ3) is 3.84. The fourth-order valence-electron chi connectivity index (χ4n) is 5.83. The average Bonchev–Trinajstić information content (AvgIpc) is 3.04. The summed E-state index contributed by atoms with van der Waals surface area (Å²) in [6, 6.07) is 9.87. The van der Waals surface area contributed by atoms with Crippen molar-refractivity contribution in [3.63, 3.8) is 0 Å². The number of carboxylic acid groups (broad SMARTS) is 1. The molecule has 1 aromatic rings. The highest BCUT2D eigenvalue weighted by molar-refractivity contribution is 6.48. The molecule has 4 aliphatic rings. The summed E-state index contributed by atoms with van der Waals surface area (Å²) in [4.78, 5) is 24.1. The van der Waals surface area contributed by atoms with Crippen molar-refractivity contribution < 1.29 is 24.0 Å². The van der Waals surface area contributed by atoms with Crippen molar-refractivity contribution in [2.24, 2.45) is 17.3 Å². The van der Waals surface area contributed by atoms with Gasteiger partial charge in [0.1, 0.15) is 5.54 Å². The molecule has 0 radical (unpaired) electrons. The molecule has 2 bridgehead atoms. The zero-order valence-electron chi connectivity index (χ0n) is 19.0. The number of nitrogens with one attached hydrogen (secondary N) is 2. The first-order chi connectivity index (χ1) is 14.4. The van der Waals surface area contributed by atoms with E-state index in [2.05, 4.69) is 31.4 Å². The lowest BCUT2D eigenvalue weighted by molar-refractivity contribution is -0.199. The van der Waals surface area contributed by atoms with Gasteiger partial charge in [0, 0.05) is 0 Å². The Kier molecular flexibility index (Phi) is 5.37. The van der Waals surface area contributed by atoms with E-state index in [-0.39, 0.29) is 17.1 Å². The maximum Gasteiger partial charge on any atom is 0.482 e. The number of carbonyl (C=O) groups excluding carboxylic acids is 1. The van der Waals surface area contributed by atoms with Crippen LogP contribution < -0.4 is 10.6 Å². The van der Waals surface area contributed by atoms with Crippen LogP contribution in [0.3, 0.4) is 0 Å². The van der Waals surface area contributed by atoms with Crippen LogP contribution in [0.4, 0.5) is 4.79 Å². The molecule has 31 heavy (non-hydrogen) atoms. The predicted octanol–water partition coefficient (Wildman–Crippen LogP) is 3.03. The van der Waals surface area contributed by atoms with E-state index >= 15 is 0 Å². The summed E-state index contributed by atoms with van der Waals surface area (Å²) < 4.78 is 13.0. The molecular formula is C23H33BN2O5. The first-order valence-corrected chi connectivity index (χ1v) is 11.1. The van der Waals surface area contributed by atoms with Gasteiger partial charge < -0.3 is 25.0 Å². The van der Waals surface area contributed by atoms with Crippen molar-refractivity contribution in [3.8, 4) is 0 Å². The van der Waals surface area contributed by atoms with Gasteiger partial charge in [-0.1, -0.05) is 44.2 Å². The van der Waals surface area contributed by atoms with E-state index in [1.165, 1.54) is 0 Å². The van der Waals surface area contributed by atoms with Crippen molar-refractivity contribution in [1.82, 2.24) is 10.6 Å². The van der Waals surface area contributed by atoms with Crippen LogP contribution in [0.2, 0.25) is 0 Å². The highest BCUT2D eigenvalue weighted by Gasteiger charge is 2.68. The number of hydrogen-bond acceptors (Lipinski definition) is 4. The lowest BCUT2D eigenvalue weighted by Crippen LogP contribution is -2.65. The SMILES string of the molecule is CC(C)(NC(=O)O)C(=O)N[C@@H](Cc1ccccc1)B1O[C@@H]2C[C@@H]3C[C@@H](C3(C)C)[C@]2(C)O1. The molecule has 3 N–H and O–H groups in total. The average molecular weight is 428 g/mol. The number of benzene rings is 1. The Morgan fingerprint density at radius 2 is 1.90 bits per heavy atom. The monoisotopic (exact) mass is 428 g/mol. The summed E-state index contributed by atoms with van der Waals surface area (Å²) in [6.45, 7) is 9.87. The van der Waals surface area contributed by atoms with Crippen LogP contribution in [-0.2, 0) is 20.5 Å². The molecule has 3 aliphatic carbocycles. The van der Waals surface area contributed by atoms with Crippen LogP contribution in [0.5, 0.6) is 0 Å². The molecule has 1 aromatic carbocycles. The van der Waals surface area contributed by atoms with E-state index < -0.39 is 30.6 Å². The summed E-state index contributed by atoms with van der Waals surface area (Å²) >= 11 is 0. The van der Waals surface area contributed by atoms with Crippen LogP contribution in [0.25, 0.3) is 0 Å². The Morgan fingerprint density at radius 3 is 2.52 bits per heavy atom. The molecule has 1 aliphatic heterocycles. The fourth-order valence-corrected chi connectivity index (χ4v) is 5.83. The van der Waals surface area contributed by atoms with Crippen LogP contribution in [0, 0.1) is 17.3 Å². The Bertz CT molecular complexity index is 861. The first-order valence-electron chi connectivity index (χ1n) is 11.1. The number of hydrogen-bond donors (Lipinski definition) is 3. The summed E-state index contributed by atoms with van der Waals surface area (Å²) in [7, 11) is -0.588. The first kappa shape index (κ1) is 22.2. The van der Waals surface area contributed by atoms with Crippen LogP contribution in [-0.4, -0.2) is 47.4 Å². The lowest BCUT2D eigenvalue weighted by Gasteiger charge is -2.64. The van der Waals surface area contributed by atoms with Crippen LogP contribution >= 0.6 is 0 Å². The van der Waals surface area contributed by atoms with Crippen molar-refractivity contribution >= 4 is 19.1 Å². The molecule has 7 nitrogen and oxygen atoms in total. The molecule has 4 fully saturated rings. The minimum atomic E-state index is -1.28. The molecule has 2 amide bonds. The molecule has 0 aromatic heterocycles. The number of carbonyl (C=O) groups is 2. The number of rotatable bonds is 6. The Labute approximate surface area is 184 Å². The van der Waals surface area contributed by atoms with Crippen molar-refractivity contribution in [2.45, 2.75) is 77.1 Å². The summed E-state index contributed by atoms with van der Waals surface area (Å²) in [5, 5.41) is 14.4. The normalized spacial score (nSPS) is 31.9. The minimum absolute atomic E-state index is 0.00889. The fraction of sp³-hybridized carbons (Fsp3) is 0.652. The number of amides is 2. The van der Waals surface area contributed by atoms with Crippen molar-refractivity contribution in [3.05, 3.63) is 35.9 Å². The molecule has 1 saturated heterocycles. The van der Waals surface area contributed by atoms with E-state index in [1.54, 1.807) is 13.8 Å². The van der Waals surface area contributed by atoms with Gasteiger partial charge in [-0.05, 0) is 62.8 Å². The Balaban J connectivity index is 1.55. The topological polar surface area (TPSA) is 96.9 Å². The van der Waals surface area contributed by atoms with Crippen LogP contribution in [0.1, 0.15) is 53.0 Å². The van der Waals surface area contributed by atoms with Gasteiger partial charge in [-0.15, -0.1) is 0 Å². The van der Waals surface area contributed by atoms with Gasteiger partial charge in [-0.3, -0.25) is 4.79 Å². The Morgan fingerprint density at radius 1 is 1.23 bits per heavy atom. The molecule has 1 heterocycles. The maximum absolute atomic E-state index is 13.0. The minimum Gasteiger partial charge on any atom is -0.465 e. The standard InChI is InChI=1S/C23H33BN2O5/c1-21(2)15-12-16(21)23(5)17(13-15)30-24(31-23)18(11-14-9-7-6-8-10-14)25-19(27)22(3,4)26-20(28)29/h6-10,15-18,26H,11-13H2,1-5H3,(H,25,27)(H,28,29)/t15-,16-,17+,18-,23-/m0/s1. The highest BCUT2D eigenvalue weighted by atomic mass is 16.7. The van der Waals surface area contributed by atoms with Gasteiger partial charge in [0.05, 0.1) is 17.6 Å². The van der Waals surface area contributed by atoms with E-state index in [0.717, 1.165) is 18.4 Å². The van der Waals surface area contributed by atoms with Gasteiger partial charge in [-0.25, -0.2) is 4.79 Å². The molecule has 168 valence electrons. The van der Waals surface area contributed by atoms with Crippen molar-refractivity contribution in [2.75, 3.05) is 0 Å². The Hall–Kier alpha value is -2.06. The third-order valence-corrected chi connectivity index (χ3v) is 7.90. The predicted molar refractivity (Wildman–Crippen MR) is 117 cm³/mol. The smallest absolute Gasteiger partial charge is 0.465 e. The van der Waals surface area contributed by atoms with E-state index in [9.17, 15) is 9.59 Å². The molecular weight excluding hydrogens is 395 g/mol. The molecule has 3 saturated carbocycles. The lowest BCUT2D eigenvalue weighted by atomic mass is 9.43. The van der Waals surface area contributed by atoms with E-state index in [0.29, 0.717) is 18.3 Å². The van der Waals surface area contributed by atoms with Crippen molar-refractivity contribution in [1.29, 1.82) is 0 Å². The zero-order valence-corrected chi connectivity index (χ0v) is 19.0.